The van der Waals surface area contributed by atoms with E-state index in [9.17, 15) is 0 Å². The van der Waals surface area contributed by atoms with E-state index in [2.05, 4.69) is 27.0 Å². The molecule has 0 atom stereocenters. The fraction of sp³-hybridized carbons (Fsp3) is 0.867. The van der Waals surface area contributed by atoms with E-state index in [-0.39, 0.29) is 0 Å². The van der Waals surface area contributed by atoms with Crippen molar-refractivity contribution in [2.75, 3.05) is 6.54 Å². The van der Waals surface area contributed by atoms with E-state index in [0.717, 1.165) is 31.2 Å². The molecular formula is C15H26N4O. The van der Waals surface area contributed by atoms with Gasteiger partial charge < -0.3 is 14.6 Å². The minimum absolute atomic E-state index is 0.404. The lowest BCUT2D eigenvalue weighted by atomic mass is 9.93. The van der Waals surface area contributed by atoms with Crippen LogP contribution in [0.25, 0.3) is 0 Å². The Morgan fingerprint density at radius 3 is 2.85 bits per heavy atom. The molecule has 0 unspecified atom stereocenters. The smallest absolute Gasteiger partial charge is 0.159 e. The molecular weight excluding hydrogens is 252 g/mol. The summed E-state index contributed by atoms with van der Waals surface area (Å²) in [5.74, 6) is 2.17. The van der Waals surface area contributed by atoms with Gasteiger partial charge in [-0.05, 0) is 45.1 Å². The van der Waals surface area contributed by atoms with E-state index in [1.807, 2.05) is 0 Å². The average Bonchev–Trinajstić information content (AvgIpc) is 2.90. The first kappa shape index (κ1) is 14.0. The highest BCUT2D eigenvalue weighted by molar-refractivity contribution is 4.97. The second kappa shape index (κ2) is 6.68. The van der Waals surface area contributed by atoms with Gasteiger partial charge in [-0.25, -0.2) is 0 Å². The molecule has 20 heavy (non-hydrogen) atoms. The van der Waals surface area contributed by atoms with Gasteiger partial charge >= 0.3 is 0 Å². The standard InChI is InChI=1S/C15H26N4O/c1-2-16-12-6-8-13(9-7-12)20-11-15-18-17-14-5-3-4-10-19(14)15/h12-13,16H,2-11H2,1H3. The van der Waals surface area contributed by atoms with Crippen molar-refractivity contribution in [2.24, 2.45) is 0 Å². The van der Waals surface area contributed by atoms with Crippen LogP contribution in [0.4, 0.5) is 0 Å². The molecule has 1 aliphatic carbocycles. The summed E-state index contributed by atoms with van der Waals surface area (Å²) in [4.78, 5) is 0. The summed E-state index contributed by atoms with van der Waals surface area (Å²) in [5, 5.41) is 12.1. The Bertz CT molecular complexity index is 424. The molecule has 1 aromatic heterocycles. The van der Waals surface area contributed by atoms with Crippen molar-refractivity contribution in [3.05, 3.63) is 11.6 Å². The van der Waals surface area contributed by atoms with E-state index in [1.165, 1.54) is 38.5 Å². The summed E-state index contributed by atoms with van der Waals surface area (Å²) < 4.78 is 8.33. The third kappa shape index (κ3) is 3.20. The van der Waals surface area contributed by atoms with Gasteiger partial charge in [0.15, 0.2) is 5.82 Å². The fourth-order valence-electron chi connectivity index (χ4n) is 3.39. The molecule has 2 aliphatic rings. The monoisotopic (exact) mass is 278 g/mol. The number of nitrogens with one attached hydrogen (secondary N) is 1. The molecule has 0 bridgehead atoms. The quantitative estimate of drug-likeness (QED) is 0.895. The van der Waals surface area contributed by atoms with Crippen molar-refractivity contribution >= 4 is 0 Å². The van der Waals surface area contributed by atoms with Crippen molar-refractivity contribution in [1.82, 2.24) is 20.1 Å². The Morgan fingerprint density at radius 2 is 2.05 bits per heavy atom. The molecule has 1 N–H and O–H groups in total. The molecule has 3 rings (SSSR count). The maximum absolute atomic E-state index is 6.07. The molecule has 5 nitrogen and oxygen atoms in total. The number of fused-ring (bicyclic) bond motifs is 1. The van der Waals surface area contributed by atoms with Crippen LogP contribution in [0, 0.1) is 0 Å². The van der Waals surface area contributed by atoms with Gasteiger partial charge in [0, 0.05) is 19.0 Å². The maximum atomic E-state index is 6.07. The van der Waals surface area contributed by atoms with Gasteiger partial charge in [0.25, 0.3) is 0 Å². The number of ether oxygens (including phenoxy) is 1. The predicted molar refractivity (Wildman–Crippen MR) is 77.5 cm³/mol. The minimum Gasteiger partial charge on any atom is -0.370 e. The zero-order valence-corrected chi connectivity index (χ0v) is 12.5. The van der Waals surface area contributed by atoms with Crippen LogP contribution in [0.2, 0.25) is 0 Å². The molecule has 1 fully saturated rings. The lowest BCUT2D eigenvalue weighted by molar-refractivity contribution is 0.00672. The van der Waals surface area contributed by atoms with E-state index < -0.39 is 0 Å². The predicted octanol–water partition coefficient (Wildman–Crippen LogP) is 2.05. The molecule has 2 heterocycles. The van der Waals surface area contributed by atoms with Crippen molar-refractivity contribution < 1.29 is 4.74 Å². The van der Waals surface area contributed by atoms with Crippen LogP contribution in [0.1, 0.15) is 57.1 Å². The molecule has 5 heteroatoms. The first-order valence-electron chi connectivity index (χ1n) is 8.12. The Morgan fingerprint density at radius 1 is 1.20 bits per heavy atom. The number of aromatic nitrogens is 3. The molecule has 1 saturated carbocycles. The van der Waals surface area contributed by atoms with E-state index in [4.69, 9.17) is 4.74 Å². The number of hydrogen-bond donors (Lipinski definition) is 1. The van der Waals surface area contributed by atoms with Crippen LogP contribution in [-0.2, 0) is 24.3 Å². The SMILES string of the molecule is CCNC1CCC(OCc2nnc3n2CCCC3)CC1. The first-order valence-corrected chi connectivity index (χ1v) is 8.12. The third-order valence-corrected chi connectivity index (χ3v) is 4.55. The van der Waals surface area contributed by atoms with Gasteiger partial charge in [-0.3, -0.25) is 0 Å². The largest absolute Gasteiger partial charge is 0.370 e. The van der Waals surface area contributed by atoms with Crippen molar-refractivity contribution in [3.8, 4) is 0 Å². The summed E-state index contributed by atoms with van der Waals surface area (Å²) in [6.45, 7) is 4.94. The highest BCUT2D eigenvalue weighted by Gasteiger charge is 2.22. The molecule has 0 spiro atoms. The van der Waals surface area contributed by atoms with Crippen LogP contribution in [-0.4, -0.2) is 33.5 Å². The number of nitrogens with zero attached hydrogens (tertiary/aromatic N) is 3. The zero-order chi connectivity index (χ0) is 13.8. The van der Waals surface area contributed by atoms with Crippen molar-refractivity contribution in [2.45, 2.75) is 77.2 Å². The molecule has 112 valence electrons. The van der Waals surface area contributed by atoms with Gasteiger partial charge in [0.2, 0.25) is 0 Å². The second-order valence-corrected chi connectivity index (χ2v) is 5.98. The number of rotatable bonds is 5. The van der Waals surface area contributed by atoms with Crippen LogP contribution in [0.3, 0.4) is 0 Å². The Kier molecular flexibility index (Phi) is 4.68. The molecule has 1 aromatic rings. The fourth-order valence-corrected chi connectivity index (χ4v) is 3.39. The van der Waals surface area contributed by atoms with Crippen molar-refractivity contribution in [3.63, 3.8) is 0 Å². The molecule has 0 amide bonds. The van der Waals surface area contributed by atoms with E-state index >= 15 is 0 Å². The molecule has 0 aromatic carbocycles. The van der Waals surface area contributed by atoms with Gasteiger partial charge in [0.05, 0.1) is 6.10 Å². The Hall–Kier alpha value is -0.940. The summed E-state index contributed by atoms with van der Waals surface area (Å²) in [6, 6.07) is 0.695. The molecule has 0 saturated heterocycles. The van der Waals surface area contributed by atoms with Gasteiger partial charge in [-0.2, -0.15) is 0 Å². The topological polar surface area (TPSA) is 52.0 Å². The number of hydrogen-bond acceptors (Lipinski definition) is 4. The van der Waals surface area contributed by atoms with Crippen LogP contribution in [0.15, 0.2) is 0 Å². The second-order valence-electron chi connectivity index (χ2n) is 5.98. The minimum atomic E-state index is 0.404. The van der Waals surface area contributed by atoms with E-state index in [1.54, 1.807) is 0 Å². The number of aryl methyl sites for hydroxylation is 1. The van der Waals surface area contributed by atoms with Crippen molar-refractivity contribution in [1.29, 1.82) is 0 Å². The summed E-state index contributed by atoms with van der Waals surface area (Å²) >= 11 is 0. The van der Waals surface area contributed by atoms with Crippen LogP contribution < -0.4 is 5.32 Å². The maximum Gasteiger partial charge on any atom is 0.159 e. The lowest BCUT2D eigenvalue weighted by Crippen LogP contribution is -2.35. The third-order valence-electron chi connectivity index (χ3n) is 4.55. The Labute approximate surface area is 121 Å². The van der Waals surface area contributed by atoms with Gasteiger partial charge in [-0.15, -0.1) is 10.2 Å². The Balaban J connectivity index is 1.47. The van der Waals surface area contributed by atoms with E-state index in [0.29, 0.717) is 18.8 Å². The highest BCUT2D eigenvalue weighted by Crippen LogP contribution is 2.22. The highest BCUT2D eigenvalue weighted by atomic mass is 16.5. The lowest BCUT2D eigenvalue weighted by Gasteiger charge is -2.29. The molecule has 0 radical (unpaired) electrons. The first-order chi connectivity index (χ1) is 9.86. The molecule has 1 aliphatic heterocycles. The van der Waals surface area contributed by atoms with Crippen LogP contribution >= 0.6 is 0 Å². The zero-order valence-electron chi connectivity index (χ0n) is 12.5. The van der Waals surface area contributed by atoms with Gasteiger partial charge in [-0.1, -0.05) is 6.92 Å². The summed E-state index contributed by atoms with van der Waals surface area (Å²) in [5.41, 5.74) is 0. The summed E-state index contributed by atoms with van der Waals surface area (Å²) in [6.07, 6.45) is 8.76. The van der Waals surface area contributed by atoms with Crippen LogP contribution in [0.5, 0.6) is 0 Å². The van der Waals surface area contributed by atoms with Gasteiger partial charge in [0.1, 0.15) is 12.4 Å². The normalized spacial score (nSPS) is 26.4. The average molecular weight is 278 g/mol. The summed E-state index contributed by atoms with van der Waals surface area (Å²) in [7, 11) is 0.